The molecule has 8 heteroatoms. The van der Waals surface area contributed by atoms with Gasteiger partial charge in [-0.3, -0.25) is 9.59 Å². The van der Waals surface area contributed by atoms with E-state index in [0.717, 1.165) is 10.2 Å². The molecule has 1 heterocycles. The van der Waals surface area contributed by atoms with Gasteiger partial charge in [-0.25, -0.2) is 4.68 Å². The number of rotatable bonds is 8. The molecule has 0 aliphatic carbocycles. The van der Waals surface area contributed by atoms with E-state index in [9.17, 15) is 9.59 Å². The molecule has 0 N–H and O–H groups in total. The Balaban J connectivity index is 2.38. The zero-order chi connectivity index (χ0) is 20.0. The fourth-order valence-electron chi connectivity index (χ4n) is 2.68. The highest BCUT2D eigenvalue weighted by atomic mass is 16.5. The van der Waals surface area contributed by atoms with Crippen molar-refractivity contribution in [2.24, 2.45) is 7.05 Å². The van der Waals surface area contributed by atoms with Crippen LogP contribution in [0, 0.1) is 0 Å². The molecule has 0 unspecified atom stereocenters. The van der Waals surface area contributed by atoms with Crippen molar-refractivity contribution in [1.29, 1.82) is 0 Å². The lowest BCUT2D eigenvalue weighted by molar-refractivity contribution is 0.0533. The molecule has 0 spiro atoms. The van der Waals surface area contributed by atoms with Crippen LogP contribution in [0.1, 0.15) is 23.0 Å². The molecule has 1 aromatic carbocycles. The Morgan fingerprint density at radius 2 is 1.78 bits per heavy atom. The molecule has 8 nitrogen and oxygen atoms in total. The average molecular weight is 375 g/mol. The third kappa shape index (κ3) is 5.07. The second-order valence-corrected chi connectivity index (χ2v) is 6.14. The van der Waals surface area contributed by atoms with Crippen LogP contribution in [-0.4, -0.2) is 54.6 Å². The predicted octanol–water partition coefficient (Wildman–Crippen LogP) is 1.47. The van der Waals surface area contributed by atoms with E-state index >= 15 is 0 Å². The molecular formula is C19H25N3O5. The van der Waals surface area contributed by atoms with Gasteiger partial charge in [0.25, 0.3) is 11.5 Å². The van der Waals surface area contributed by atoms with Crippen LogP contribution in [0.25, 0.3) is 0 Å². The minimum atomic E-state index is -0.295. The summed E-state index contributed by atoms with van der Waals surface area (Å²) in [5.41, 5.74) is 0.753. The zero-order valence-electron chi connectivity index (χ0n) is 16.3. The van der Waals surface area contributed by atoms with E-state index in [2.05, 4.69) is 5.10 Å². The van der Waals surface area contributed by atoms with Crippen molar-refractivity contribution in [3.8, 4) is 11.5 Å². The van der Waals surface area contributed by atoms with Crippen molar-refractivity contribution >= 4 is 5.91 Å². The number of aryl methyl sites for hydroxylation is 1. The van der Waals surface area contributed by atoms with Gasteiger partial charge in [0.05, 0.1) is 26.9 Å². The summed E-state index contributed by atoms with van der Waals surface area (Å²) in [4.78, 5) is 26.3. The van der Waals surface area contributed by atoms with E-state index in [1.807, 2.05) is 19.1 Å². The van der Waals surface area contributed by atoms with Crippen molar-refractivity contribution in [3.05, 3.63) is 51.9 Å². The van der Waals surface area contributed by atoms with Crippen LogP contribution in [0.5, 0.6) is 11.5 Å². The summed E-state index contributed by atoms with van der Waals surface area (Å²) in [6.45, 7) is 2.56. The van der Waals surface area contributed by atoms with Crippen LogP contribution in [0.15, 0.2) is 35.1 Å². The fraction of sp³-hybridized carbons (Fsp3) is 0.421. The number of aromatic nitrogens is 2. The van der Waals surface area contributed by atoms with Gasteiger partial charge in [-0.2, -0.15) is 5.10 Å². The number of carbonyl (C=O) groups excluding carboxylic acids is 1. The first kappa shape index (κ1) is 20.4. The number of ether oxygens (including phenoxy) is 3. The van der Waals surface area contributed by atoms with E-state index in [1.165, 1.54) is 19.2 Å². The molecule has 0 saturated heterocycles. The lowest BCUT2D eigenvalue weighted by Gasteiger charge is -2.29. The first-order chi connectivity index (χ1) is 12.9. The Morgan fingerprint density at radius 1 is 1.15 bits per heavy atom. The van der Waals surface area contributed by atoms with Crippen LogP contribution in [0.4, 0.5) is 0 Å². The Kier molecular flexibility index (Phi) is 6.95. The third-order valence-corrected chi connectivity index (χ3v) is 4.14. The molecule has 0 radical (unpaired) electrons. The monoisotopic (exact) mass is 375 g/mol. The van der Waals surface area contributed by atoms with Gasteiger partial charge in [0.15, 0.2) is 0 Å². The maximum Gasteiger partial charge on any atom is 0.274 e. The number of nitrogens with zero attached hydrogens (tertiary/aromatic N) is 3. The largest absolute Gasteiger partial charge is 0.497 e. The van der Waals surface area contributed by atoms with Gasteiger partial charge in [-0.05, 0) is 30.7 Å². The second kappa shape index (κ2) is 9.18. The molecule has 0 aliphatic heterocycles. The fourth-order valence-corrected chi connectivity index (χ4v) is 2.68. The van der Waals surface area contributed by atoms with E-state index in [1.54, 1.807) is 32.3 Å². The van der Waals surface area contributed by atoms with Gasteiger partial charge in [-0.1, -0.05) is 0 Å². The molecule has 2 aromatic rings. The highest BCUT2D eigenvalue weighted by molar-refractivity contribution is 5.92. The first-order valence-electron chi connectivity index (χ1n) is 8.45. The second-order valence-electron chi connectivity index (χ2n) is 6.14. The van der Waals surface area contributed by atoms with E-state index in [-0.39, 0.29) is 23.2 Å². The Hall–Kier alpha value is -2.87. The number of carbonyl (C=O) groups is 1. The molecule has 0 saturated carbocycles. The summed E-state index contributed by atoms with van der Waals surface area (Å²) in [6, 6.07) is 8.01. The normalized spacial score (nSPS) is 11.7. The van der Waals surface area contributed by atoms with Gasteiger partial charge in [-0.15, -0.1) is 0 Å². The highest BCUT2D eigenvalue weighted by Gasteiger charge is 2.24. The Morgan fingerprint density at radius 3 is 2.30 bits per heavy atom. The topological polar surface area (TPSA) is 82.9 Å². The van der Waals surface area contributed by atoms with Crippen LogP contribution < -0.4 is 15.0 Å². The Labute approximate surface area is 158 Å². The number of benzene rings is 1. The summed E-state index contributed by atoms with van der Waals surface area (Å²) in [6.07, 6.45) is 0. The number of amides is 1. The zero-order valence-corrected chi connectivity index (χ0v) is 16.3. The van der Waals surface area contributed by atoms with E-state index in [4.69, 9.17) is 14.2 Å². The standard InChI is InChI=1S/C19H25N3O5/c1-13(12-25-3)22(19(24)17-6-7-18(23)21(2)20-17)11-14-8-15(26-4)10-16(9-14)27-5/h6-10,13H,11-12H2,1-5H3/t13-/m1/s1. The smallest absolute Gasteiger partial charge is 0.274 e. The minimum absolute atomic E-state index is 0.190. The van der Waals surface area contributed by atoms with Crippen LogP contribution in [0.3, 0.4) is 0 Å². The minimum Gasteiger partial charge on any atom is -0.497 e. The maximum atomic E-state index is 13.1. The summed E-state index contributed by atoms with van der Waals surface area (Å²) >= 11 is 0. The van der Waals surface area contributed by atoms with Gasteiger partial charge < -0.3 is 19.1 Å². The predicted molar refractivity (Wildman–Crippen MR) is 100 cm³/mol. The molecule has 0 bridgehead atoms. The molecule has 1 amide bonds. The lowest BCUT2D eigenvalue weighted by atomic mass is 10.1. The summed E-state index contributed by atoms with van der Waals surface area (Å²) in [5, 5.41) is 4.07. The molecular weight excluding hydrogens is 350 g/mol. The van der Waals surface area contributed by atoms with Crippen molar-refractivity contribution in [2.75, 3.05) is 27.9 Å². The maximum absolute atomic E-state index is 13.1. The lowest BCUT2D eigenvalue weighted by Crippen LogP contribution is -2.41. The molecule has 2 rings (SSSR count). The van der Waals surface area contributed by atoms with Gasteiger partial charge >= 0.3 is 0 Å². The number of hydrogen-bond donors (Lipinski definition) is 0. The number of methoxy groups -OCH3 is 3. The van der Waals surface area contributed by atoms with Crippen LogP contribution >= 0.6 is 0 Å². The average Bonchev–Trinajstić information content (AvgIpc) is 2.67. The summed E-state index contributed by atoms with van der Waals surface area (Å²) in [7, 11) is 6.24. The van der Waals surface area contributed by atoms with E-state index in [0.29, 0.717) is 24.7 Å². The van der Waals surface area contributed by atoms with Crippen molar-refractivity contribution < 1.29 is 19.0 Å². The van der Waals surface area contributed by atoms with Gasteiger partial charge in [0.1, 0.15) is 17.2 Å². The van der Waals surface area contributed by atoms with E-state index < -0.39 is 0 Å². The van der Waals surface area contributed by atoms with Crippen LogP contribution in [-0.2, 0) is 18.3 Å². The molecule has 146 valence electrons. The van der Waals surface area contributed by atoms with Gasteiger partial charge in [0, 0.05) is 32.8 Å². The quantitative estimate of drug-likeness (QED) is 0.695. The van der Waals surface area contributed by atoms with Crippen LogP contribution in [0.2, 0.25) is 0 Å². The van der Waals surface area contributed by atoms with Crippen molar-refractivity contribution in [3.63, 3.8) is 0 Å². The molecule has 1 atom stereocenters. The molecule has 27 heavy (non-hydrogen) atoms. The molecule has 0 fully saturated rings. The molecule has 0 aliphatic rings. The summed E-state index contributed by atoms with van der Waals surface area (Å²) < 4.78 is 17.0. The summed E-state index contributed by atoms with van der Waals surface area (Å²) in [5.74, 6) is 0.977. The molecule has 1 aromatic heterocycles. The first-order valence-corrected chi connectivity index (χ1v) is 8.45. The van der Waals surface area contributed by atoms with Crippen molar-refractivity contribution in [2.45, 2.75) is 19.5 Å². The number of hydrogen-bond acceptors (Lipinski definition) is 6. The Bertz CT molecular complexity index is 827. The highest BCUT2D eigenvalue weighted by Crippen LogP contribution is 2.24. The van der Waals surface area contributed by atoms with Crippen molar-refractivity contribution in [1.82, 2.24) is 14.7 Å². The third-order valence-electron chi connectivity index (χ3n) is 4.14. The SMILES string of the molecule is COC[C@@H](C)N(Cc1cc(OC)cc(OC)c1)C(=O)c1ccc(=O)n(C)n1. The van der Waals surface area contributed by atoms with Gasteiger partial charge in [0.2, 0.25) is 0 Å².